The van der Waals surface area contributed by atoms with Gasteiger partial charge in [-0.05, 0) is 39.8 Å². The van der Waals surface area contributed by atoms with Crippen molar-refractivity contribution in [3.63, 3.8) is 0 Å². The molecule has 1 fully saturated rings. The molecule has 0 aromatic carbocycles. The number of hydrogen-bond donors (Lipinski definition) is 1. The molecule has 1 atom stereocenters. The van der Waals surface area contributed by atoms with Crippen molar-refractivity contribution in [2.75, 3.05) is 19.7 Å². The Morgan fingerprint density at radius 1 is 1.37 bits per heavy atom. The molecule has 3 nitrogen and oxygen atoms in total. The van der Waals surface area contributed by atoms with Crippen molar-refractivity contribution in [3.8, 4) is 0 Å². The molecule has 1 aliphatic heterocycles. The third kappa shape index (κ3) is 5.22. The molecule has 2 heterocycles. The van der Waals surface area contributed by atoms with E-state index in [2.05, 4.69) is 50.0 Å². The van der Waals surface area contributed by atoms with Crippen LogP contribution in [0.5, 0.6) is 0 Å². The van der Waals surface area contributed by atoms with E-state index in [-0.39, 0.29) is 5.54 Å². The summed E-state index contributed by atoms with van der Waals surface area (Å²) in [4.78, 5) is 5.37. The van der Waals surface area contributed by atoms with Crippen LogP contribution in [0.2, 0.25) is 0 Å². The number of nitrogens with one attached hydrogen (secondary N) is 1. The summed E-state index contributed by atoms with van der Waals surface area (Å²) < 4.78 is 5.58. The summed E-state index contributed by atoms with van der Waals surface area (Å²) in [6, 6.07) is 4.52. The molecular weight excluding hydrogens is 256 g/mol. The molecule has 0 spiro atoms. The fraction of sp³-hybridized carbons (Fsp3) is 0.733. The Bertz CT molecular complexity index is 397. The summed E-state index contributed by atoms with van der Waals surface area (Å²) in [7, 11) is 0. The van der Waals surface area contributed by atoms with Crippen molar-refractivity contribution in [2.45, 2.75) is 52.4 Å². The molecule has 4 heteroatoms. The minimum Gasteiger partial charge on any atom is -0.376 e. The molecule has 1 aromatic heterocycles. The van der Waals surface area contributed by atoms with Crippen LogP contribution in [0.15, 0.2) is 12.1 Å². The predicted octanol–water partition coefficient (Wildman–Crippen LogP) is 2.86. The minimum absolute atomic E-state index is 0.184. The summed E-state index contributed by atoms with van der Waals surface area (Å²) in [5.41, 5.74) is 0.184. The van der Waals surface area contributed by atoms with Crippen molar-refractivity contribution in [1.82, 2.24) is 10.2 Å². The van der Waals surface area contributed by atoms with E-state index >= 15 is 0 Å². The van der Waals surface area contributed by atoms with Gasteiger partial charge in [0.15, 0.2) is 0 Å². The first-order valence-corrected chi connectivity index (χ1v) is 7.90. The Morgan fingerprint density at radius 2 is 2.11 bits per heavy atom. The highest BCUT2D eigenvalue weighted by Crippen LogP contribution is 2.20. The van der Waals surface area contributed by atoms with E-state index in [0.29, 0.717) is 6.10 Å². The first kappa shape index (κ1) is 15.0. The maximum absolute atomic E-state index is 5.58. The van der Waals surface area contributed by atoms with E-state index in [9.17, 15) is 0 Å². The zero-order chi connectivity index (χ0) is 13.9. The van der Waals surface area contributed by atoms with Gasteiger partial charge in [0.05, 0.1) is 12.7 Å². The highest BCUT2D eigenvalue weighted by atomic mass is 32.1. The van der Waals surface area contributed by atoms with Crippen LogP contribution in [-0.2, 0) is 17.8 Å². The quantitative estimate of drug-likeness (QED) is 0.919. The van der Waals surface area contributed by atoms with Gasteiger partial charge >= 0.3 is 0 Å². The molecular formula is C15H26N2OS. The lowest BCUT2D eigenvalue weighted by Gasteiger charge is -2.30. The molecule has 0 bridgehead atoms. The Balaban J connectivity index is 1.83. The van der Waals surface area contributed by atoms with E-state index < -0.39 is 0 Å². The summed E-state index contributed by atoms with van der Waals surface area (Å²) in [5, 5.41) is 3.54. The molecule has 0 saturated carbocycles. The Morgan fingerprint density at radius 3 is 2.79 bits per heavy atom. The smallest absolute Gasteiger partial charge is 0.0674 e. The van der Waals surface area contributed by atoms with Crippen molar-refractivity contribution in [1.29, 1.82) is 0 Å². The normalized spacial score (nSPS) is 21.8. The van der Waals surface area contributed by atoms with E-state index in [1.807, 2.05) is 11.3 Å². The highest BCUT2D eigenvalue weighted by Gasteiger charge is 2.17. The monoisotopic (exact) mass is 282 g/mol. The second-order valence-corrected chi connectivity index (χ2v) is 7.64. The molecule has 0 radical (unpaired) electrons. The number of hydrogen-bond acceptors (Lipinski definition) is 4. The van der Waals surface area contributed by atoms with Gasteiger partial charge in [0.25, 0.3) is 0 Å². The molecule has 1 aromatic rings. The van der Waals surface area contributed by atoms with Gasteiger partial charge in [-0.1, -0.05) is 0 Å². The molecule has 1 saturated heterocycles. The van der Waals surface area contributed by atoms with Gasteiger partial charge in [0, 0.05) is 41.5 Å². The first-order chi connectivity index (χ1) is 8.92. The van der Waals surface area contributed by atoms with Gasteiger partial charge in [0.2, 0.25) is 0 Å². The zero-order valence-corrected chi connectivity index (χ0v) is 13.3. The van der Waals surface area contributed by atoms with Crippen LogP contribution >= 0.6 is 11.3 Å². The second kappa shape index (κ2) is 6.35. The lowest BCUT2D eigenvalue weighted by molar-refractivity contribution is -0.0208. The average Bonchev–Trinajstić information content (AvgIpc) is 2.73. The summed E-state index contributed by atoms with van der Waals surface area (Å²) in [6.07, 6.45) is 0.371. The van der Waals surface area contributed by atoms with Crippen molar-refractivity contribution < 1.29 is 4.74 Å². The third-order valence-corrected chi connectivity index (χ3v) is 4.28. The Hall–Kier alpha value is -0.420. The first-order valence-electron chi connectivity index (χ1n) is 7.09. The molecule has 19 heavy (non-hydrogen) atoms. The summed E-state index contributed by atoms with van der Waals surface area (Å²) >= 11 is 1.92. The van der Waals surface area contributed by atoms with Gasteiger partial charge in [-0.15, -0.1) is 11.3 Å². The molecule has 1 unspecified atom stereocenters. The van der Waals surface area contributed by atoms with Gasteiger partial charge in [0.1, 0.15) is 0 Å². The largest absolute Gasteiger partial charge is 0.376 e. The maximum Gasteiger partial charge on any atom is 0.0674 e. The number of thiophene rings is 1. The van der Waals surface area contributed by atoms with Crippen LogP contribution in [0, 0.1) is 0 Å². The molecule has 1 aliphatic rings. The zero-order valence-electron chi connectivity index (χ0n) is 12.5. The molecule has 108 valence electrons. The minimum atomic E-state index is 0.184. The lowest BCUT2D eigenvalue weighted by atomic mass is 10.1. The van der Waals surface area contributed by atoms with Gasteiger partial charge in [-0.3, -0.25) is 4.90 Å². The fourth-order valence-corrected chi connectivity index (χ4v) is 3.21. The number of nitrogens with zero attached hydrogens (tertiary/aromatic N) is 1. The summed E-state index contributed by atoms with van der Waals surface area (Å²) in [6.45, 7) is 13.8. The fourth-order valence-electron chi connectivity index (χ4n) is 2.21. The highest BCUT2D eigenvalue weighted by molar-refractivity contribution is 7.11. The number of ether oxygens (including phenoxy) is 1. The maximum atomic E-state index is 5.58. The van der Waals surface area contributed by atoms with Crippen molar-refractivity contribution >= 4 is 11.3 Å². The van der Waals surface area contributed by atoms with Crippen LogP contribution in [-0.4, -0.2) is 36.2 Å². The van der Waals surface area contributed by atoms with Crippen molar-refractivity contribution in [2.24, 2.45) is 0 Å². The standard InChI is InChI=1S/C15H26N2OS/c1-12-10-17(7-8-18-12)11-14-6-5-13(19-14)9-16-15(2,3)4/h5-6,12,16H,7-11H2,1-4H3. The third-order valence-electron chi connectivity index (χ3n) is 3.21. The molecule has 1 N–H and O–H groups in total. The summed E-state index contributed by atoms with van der Waals surface area (Å²) in [5.74, 6) is 0. The number of morpholine rings is 1. The van der Waals surface area contributed by atoms with Crippen LogP contribution in [0.1, 0.15) is 37.4 Å². The van der Waals surface area contributed by atoms with Gasteiger partial charge in [-0.25, -0.2) is 0 Å². The molecule has 0 amide bonds. The van der Waals surface area contributed by atoms with Crippen molar-refractivity contribution in [3.05, 3.63) is 21.9 Å². The van der Waals surface area contributed by atoms with Gasteiger partial charge < -0.3 is 10.1 Å². The average molecular weight is 282 g/mol. The van der Waals surface area contributed by atoms with E-state index in [0.717, 1.165) is 32.8 Å². The number of rotatable bonds is 4. The van der Waals surface area contributed by atoms with Gasteiger partial charge in [-0.2, -0.15) is 0 Å². The lowest BCUT2D eigenvalue weighted by Crippen LogP contribution is -2.40. The van der Waals surface area contributed by atoms with Crippen LogP contribution in [0.25, 0.3) is 0 Å². The van der Waals surface area contributed by atoms with E-state index in [1.54, 1.807) is 0 Å². The van der Waals surface area contributed by atoms with Crippen LogP contribution in [0.4, 0.5) is 0 Å². The topological polar surface area (TPSA) is 24.5 Å². The van der Waals surface area contributed by atoms with Crippen LogP contribution < -0.4 is 5.32 Å². The molecule has 2 rings (SSSR count). The van der Waals surface area contributed by atoms with E-state index in [1.165, 1.54) is 9.75 Å². The molecule has 0 aliphatic carbocycles. The van der Waals surface area contributed by atoms with E-state index in [4.69, 9.17) is 4.74 Å². The Labute approximate surface area is 121 Å². The van der Waals surface area contributed by atoms with Crippen LogP contribution in [0.3, 0.4) is 0 Å². The predicted molar refractivity (Wildman–Crippen MR) is 81.6 cm³/mol. The Kier molecular flexibility index (Phi) is 5.01. The second-order valence-electron chi connectivity index (χ2n) is 6.39. The SMILES string of the molecule is CC1CN(Cc2ccc(CNC(C)(C)C)s2)CCO1.